The summed E-state index contributed by atoms with van der Waals surface area (Å²) < 4.78 is 0. The van der Waals surface area contributed by atoms with Gasteiger partial charge < -0.3 is 5.73 Å². The second-order valence-corrected chi connectivity index (χ2v) is 6.07. The maximum Gasteiger partial charge on any atom is 0.0574 e. The molecular weight excluding hydrogens is 214 g/mol. The third-order valence-electron chi connectivity index (χ3n) is 3.08. The van der Waals surface area contributed by atoms with Crippen LogP contribution in [0.15, 0.2) is 0 Å². The van der Waals surface area contributed by atoms with Crippen LogP contribution in [0, 0.1) is 13.8 Å². The lowest BCUT2D eigenvalue weighted by molar-refractivity contribution is 0.612. The van der Waals surface area contributed by atoms with E-state index in [4.69, 9.17) is 17.3 Å². The van der Waals surface area contributed by atoms with E-state index in [1.54, 1.807) is 0 Å². The normalized spacial score (nSPS) is 18.6. The molecule has 1 aromatic rings. The first-order chi connectivity index (χ1) is 6.52. The van der Waals surface area contributed by atoms with Gasteiger partial charge in [-0.05, 0) is 45.1 Å². The molecule has 0 spiro atoms. The Labute approximate surface area is 94.3 Å². The Kier molecular flexibility index (Phi) is 2.63. The van der Waals surface area contributed by atoms with Crippen molar-refractivity contribution in [2.45, 2.75) is 45.1 Å². The molecule has 0 aromatic carbocycles. The van der Waals surface area contributed by atoms with Gasteiger partial charge in [-0.1, -0.05) is 11.6 Å². The third kappa shape index (κ3) is 1.97. The summed E-state index contributed by atoms with van der Waals surface area (Å²) in [6.45, 7) is 4.19. The average molecular weight is 230 g/mol. The number of hydrogen-bond acceptors (Lipinski definition) is 2. The molecule has 78 valence electrons. The molecule has 1 fully saturated rings. The first-order valence-electron chi connectivity index (χ1n) is 5.05. The van der Waals surface area contributed by atoms with E-state index in [9.17, 15) is 0 Å². The molecule has 0 bridgehead atoms. The van der Waals surface area contributed by atoms with E-state index < -0.39 is 0 Å². The van der Waals surface area contributed by atoms with Gasteiger partial charge in [0.1, 0.15) is 0 Å². The van der Waals surface area contributed by atoms with Crippen LogP contribution >= 0.6 is 22.9 Å². The predicted octanol–water partition coefficient (Wildman–Crippen LogP) is 3.44. The molecule has 1 nitrogen and oxygen atoms in total. The Morgan fingerprint density at radius 1 is 1.43 bits per heavy atom. The van der Waals surface area contributed by atoms with Crippen molar-refractivity contribution in [1.29, 1.82) is 0 Å². The van der Waals surface area contributed by atoms with Gasteiger partial charge in [-0.3, -0.25) is 0 Å². The summed E-state index contributed by atoms with van der Waals surface area (Å²) in [6.07, 6.45) is 4.61. The molecule has 2 N–H and O–H groups in total. The van der Waals surface area contributed by atoms with E-state index in [-0.39, 0.29) is 5.54 Å². The van der Waals surface area contributed by atoms with Crippen molar-refractivity contribution in [1.82, 2.24) is 0 Å². The fourth-order valence-electron chi connectivity index (χ4n) is 1.70. The molecule has 1 aromatic heterocycles. The lowest BCUT2D eigenvalue weighted by Gasteiger charge is -2.06. The number of nitrogens with two attached hydrogens (primary N) is 1. The predicted molar refractivity (Wildman–Crippen MR) is 63.3 cm³/mol. The fourth-order valence-corrected chi connectivity index (χ4v) is 3.06. The van der Waals surface area contributed by atoms with Crippen molar-refractivity contribution < 1.29 is 0 Å². The van der Waals surface area contributed by atoms with E-state index >= 15 is 0 Å². The van der Waals surface area contributed by atoms with Gasteiger partial charge in [0, 0.05) is 15.3 Å². The molecule has 14 heavy (non-hydrogen) atoms. The molecule has 1 aliphatic rings. The summed E-state index contributed by atoms with van der Waals surface area (Å²) in [7, 11) is 0. The minimum atomic E-state index is 0.164. The van der Waals surface area contributed by atoms with E-state index in [0.29, 0.717) is 0 Å². The first-order valence-corrected chi connectivity index (χ1v) is 6.24. The van der Waals surface area contributed by atoms with E-state index in [2.05, 4.69) is 13.8 Å². The molecule has 1 aliphatic carbocycles. The lowest BCUT2D eigenvalue weighted by Crippen LogP contribution is -2.21. The smallest absolute Gasteiger partial charge is 0.0574 e. The topological polar surface area (TPSA) is 26.0 Å². The highest BCUT2D eigenvalue weighted by atomic mass is 35.5. The number of rotatable bonds is 3. The molecular formula is C11H16ClNS. The summed E-state index contributed by atoms with van der Waals surface area (Å²) in [5, 5.41) is 0.951. The zero-order valence-corrected chi connectivity index (χ0v) is 10.3. The van der Waals surface area contributed by atoms with Crippen LogP contribution in [0.2, 0.25) is 5.02 Å². The molecule has 0 atom stereocenters. The van der Waals surface area contributed by atoms with Crippen molar-refractivity contribution in [2.75, 3.05) is 0 Å². The Balaban J connectivity index is 2.05. The van der Waals surface area contributed by atoms with Gasteiger partial charge in [0.25, 0.3) is 0 Å². The number of thiophene rings is 1. The molecule has 1 heterocycles. The third-order valence-corrected chi connectivity index (χ3v) is 5.02. The van der Waals surface area contributed by atoms with Gasteiger partial charge in [-0.25, -0.2) is 0 Å². The monoisotopic (exact) mass is 229 g/mol. The van der Waals surface area contributed by atoms with Crippen molar-refractivity contribution in [3.05, 3.63) is 20.3 Å². The zero-order chi connectivity index (χ0) is 10.3. The van der Waals surface area contributed by atoms with E-state index in [0.717, 1.165) is 17.9 Å². The number of halogens is 1. The number of hydrogen-bond donors (Lipinski definition) is 1. The summed E-state index contributed by atoms with van der Waals surface area (Å²) in [5.74, 6) is 0. The van der Waals surface area contributed by atoms with Gasteiger partial charge in [-0.2, -0.15) is 0 Å². The second-order valence-electron chi connectivity index (χ2n) is 4.38. The van der Waals surface area contributed by atoms with Crippen molar-refractivity contribution in [3.63, 3.8) is 0 Å². The van der Waals surface area contributed by atoms with Gasteiger partial charge in [0.15, 0.2) is 0 Å². The molecule has 3 heteroatoms. The average Bonchev–Trinajstić information content (AvgIpc) is 2.83. The van der Waals surface area contributed by atoms with Crippen molar-refractivity contribution >= 4 is 22.9 Å². The van der Waals surface area contributed by atoms with Crippen LogP contribution in [0.3, 0.4) is 0 Å². The minimum Gasteiger partial charge on any atom is -0.325 e. The van der Waals surface area contributed by atoms with Crippen molar-refractivity contribution in [2.24, 2.45) is 5.73 Å². The quantitative estimate of drug-likeness (QED) is 0.845. The van der Waals surface area contributed by atoms with Gasteiger partial charge >= 0.3 is 0 Å². The maximum absolute atomic E-state index is 6.14. The lowest BCUT2D eigenvalue weighted by atomic mass is 10.1. The van der Waals surface area contributed by atoms with Gasteiger partial charge in [-0.15, -0.1) is 11.3 Å². The second kappa shape index (κ2) is 3.51. The van der Waals surface area contributed by atoms with Crippen LogP contribution in [0.5, 0.6) is 0 Å². The van der Waals surface area contributed by atoms with Crippen LogP contribution in [-0.2, 0) is 6.42 Å². The summed E-state index contributed by atoms with van der Waals surface area (Å²) in [5.41, 5.74) is 7.49. The Bertz CT molecular complexity index is 352. The molecule has 0 saturated heterocycles. The molecule has 0 aliphatic heterocycles. The Hall–Kier alpha value is -0.0500. The largest absolute Gasteiger partial charge is 0.325 e. The summed E-state index contributed by atoms with van der Waals surface area (Å²) in [6, 6.07) is 0. The first kappa shape index (κ1) is 10.5. The SMILES string of the molecule is Cc1sc(CCC2(N)CC2)c(C)c1Cl. The van der Waals surface area contributed by atoms with Crippen LogP contribution in [-0.4, -0.2) is 5.54 Å². The summed E-state index contributed by atoms with van der Waals surface area (Å²) in [4.78, 5) is 2.66. The molecule has 0 amide bonds. The van der Waals surface area contributed by atoms with Crippen molar-refractivity contribution in [3.8, 4) is 0 Å². The zero-order valence-electron chi connectivity index (χ0n) is 8.69. The molecule has 0 radical (unpaired) electrons. The summed E-state index contributed by atoms with van der Waals surface area (Å²) >= 11 is 7.97. The van der Waals surface area contributed by atoms with Gasteiger partial charge in [0.05, 0.1) is 5.02 Å². The Morgan fingerprint density at radius 2 is 2.07 bits per heavy atom. The van der Waals surface area contributed by atoms with Crippen LogP contribution in [0.4, 0.5) is 0 Å². The molecule has 1 saturated carbocycles. The van der Waals surface area contributed by atoms with E-state index in [1.807, 2.05) is 11.3 Å². The standard InChI is InChI=1S/C11H16ClNS/c1-7-9(14-8(2)10(7)12)3-4-11(13)5-6-11/h3-6,13H2,1-2H3. The Morgan fingerprint density at radius 3 is 2.50 bits per heavy atom. The highest BCUT2D eigenvalue weighted by Crippen LogP contribution is 2.39. The van der Waals surface area contributed by atoms with Crippen LogP contribution in [0.1, 0.15) is 34.6 Å². The number of aryl methyl sites for hydroxylation is 2. The highest BCUT2D eigenvalue weighted by Gasteiger charge is 2.37. The molecule has 2 rings (SSSR count). The van der Waals surface area contributed by atoms with E-state index in [1.165, 1.54) is 28.2 Å². The fraction of sp³-hybridized carbons (Fsp3) is 0.636. The highest BCUT2D eigenvalue weighted by molar-refractivity contribution is 7.12. The van der Waals surface area contributed by atoms with Crippen LogP contribution < -0.4 is 5.73 Å². The minimum absolute atomic E-state index is 0.164. The molecule has 0 unspecified atom stereocenters. The van der Waals surface area contributed by atoms with Gasteiger partial charge in [0.2, 0.25) is 0 Å². The maximum atomic E-state index is 6.14. The van der Waals surface area contributed by atoms with Crippen LogP contribution in [0.25, 0.3) is 0 Å².